The van der Waals surface area contributed by atoms with Gasteiger partial charge in [-0.3, -0.25) is 0 Å². The summed E-state index contributed by atoms with van der Waals surface area (Å²) in [6.07, 6.45) is 0.611. The molecule has 1 rings (SSSR count). The number of rotatable bonds is 7. The Balaban J connectivity index is 2.81. The summed E-state index contributed by atoms with van der Waals surface area (Å²) in [5.74, 6) is 0.602. The molecule has 1 aromatic rings. The zero-order valence-corrected chi connectivity index (χ0v) is 10.6. The van der Waals surface area contributed by atoms with Crippen LogP contribution in [0.15, 0.2) is 0 Å². The van der Waals surface area contributed by atoms with Crippen LogP contribution in [0.2, 0.25) is 0 Å². The van der Waals surface area contributed by atoms with Gasteiger partial charge in [-0.15, -0.1) is 4.98 Å². The maximum Gasteiger partial charge on any atom is 0.322 e. The van der Waals surface area contributed by atoms with Gasteiger partial charge in [-0.05, 0) is 7.05 Å². The highest BCUT2D eigenvalue weighted by Gasteiger charge is 2.12. The molecule has 1 unspecified atom stereocenters. The number of ether oxygens (including phenoxy) is 3. The lowest BCUT2D eigenvalue weighted by molar-refractivity contribution is 0.168. The molecule has 0 aliphatic carbocycles. The van der Waals surface area contributed by atoms with Crippen LogP contribution in [0.3, 0.4) is 0 Å². The summed E-state index contributed by atoms with van der Waals surface area (Å²) in [5.41, 5.74) is 0. The maximum absolute atomic E-state index is 5.08. The summed E-state index contributed by atoms with van der Waals surface area (Å²) in [7, 11) is 6.52. The lowest BCUT2D eigenvalue weighted by atomic mass is 10.2. The monoisotopic (exact) mass is 242 g/mol. The third-order valence-corrected chi connectivity index (χ3v) is 2.21. The van der Waals surface area contributed by atoms with Crippen LogP contribution in [-0.2, 0) is 11.2 Å². The second kappa shape index (κ2) is 6.97. The minimum Gasteiger partial charge on any atom is -0.467 e. The highest BCUT2D eigenvalue weighted by Crippen LogP contribution is 2.10. The van der Waals surface area contributed by atoms with Gasteiger partial charge >= 0.3 is 12.0 Å². The molecule has 1 heterocycles. The third-order valence-electron chi connectivity index (χ3n) is 2.21. The van der Waals surface area contributed by atoms with E-state index in [0.29, 0.717) is 18.9 Å². The molecule has 0 aliphatic rings. The fourth-order valence-electron chi connectivity index (χ4n) is 1.32. The molecule has 0 aromatic carbocycles. The number of aromatic nitrogens is 3. The predicted octanol–water partition coefficient (Wildman–Crippen LogP) is -0.334. The van der Waals surface area contributed by atoms with Crippen LogP contribution in [0.25, 0.3) is 0 Å². The normalized spacial score (nSPS) is 12.2. The molecular weight excluding hydrogens is 224 g/mol. The third kappa shape index (κ3) is 4.12. The van der Waals surface area contributed by atoms with Crippen molar-refractivity contribution in [3.63, 3.8) is 0 Å². The summed E-state index contributed by atoms with van der Waals surface area (Å²) in [5, 5.41) is 3.12. The topological polar surface area (TPSA) is 78.4 Å². The van der Waals surface area contributed by atoms with Crippen LogP contribution in [0, 0.1) is 0 Å². The van der Waals surface area contributed by atoms with E-state index in [4.69, 9.17) is 14.2 Å². The molecule has 96 valence electrons. The van der Waals surface area contributed by atoms with E-state index >= 15 is 0 Å². The molecule has 0 bridgehead atoms. The Morgan fingerprint density at radius 1 is 1.06 bits per heavy atom. The quantitative estimate of drug-likeness (QED) is 0.701. The average Bonchev–Trinajstić information content (AvgIpc) is 2.37. The summed E-state index contributed by atoms with van der Waals surface area (Å²) in [4.78, 5) is 12.2. The first-order chi connectivity index (χ1) is 8.23. The van der Waals surface area contributed by atoms with Crippen molar-refractivity contribution in [3.8, 4) is 12.0 Å². The molecule has 0 amide bonds. The van der Waals surface area contributed by atoms with Crippen molar-refractivity contribution in [2.24, 2.45) is 0 Å². The number of nitrogens with zero attached hydrogens (tertiary/aromatic N) is 3. The first-order valence-corrected chi connectivity index (χ1v) is 5.22. The van der Waals surface area contributed by atoms with E-state index in [9.17, 15) is 0 Å². The number of methoxy groups -OCH3 is 3. The Morgan fingerprint density at radius 2 is 1.65 bits per heavy atom. The van der Waals surface area contributed by atoms with Gasteiger partial charge in [0, 0.05) is 19.6 Å². The Labute approximate surface area is 101 Å². The van der Waals surface area contributed by atoms with Crippen LogP contribution in [0.1, 0.15) is 5.82 Å². The van der Waals surface area contributed by atoms with E-state index in [-0.39, 0.29) is 18.1 Å². The van der Waals surface area contributed by atoms with Gasteiger partial charge in [0.15, 0.2) is 0 Å². The molecule has 1 N–H and O–H groups in total. The highest BCUT2D eigenvalue weighted by atomic mass is 16.5. The Morgan fingerprint density at radius 3 is 2.06 bits per heavy atom. The van der Waals surface area contributed by atoms with Crippen molar-refractivity contribution in [1.82, 2.24) is 20.3 Å². The van der Waals surface area contributed by atoms with E-state index in [1.54, 1.807) is 7.11 Å². The Kier molecular flexibility index (Phi) is 5.58. The van der Waals surface area contributed by atoms with Crippen molar-refractivity contribution in [1.29, 1.82) is 0 Å². The molecule has 1 aromatic heterocycles. The van der Waals surface area contributed by atoms with Crippen molar-refractivity contribution in [3.05, 3.63) is 5.82 Å². The highest BCUT2D eigenvalue weighted by molar-refractivity contribution is 5.06. The van der Waals surface area contributed by atoms with Gasteiger partial charge in [0.1, 0.15) is 5.82 Å². The van der Waals surface area contributed by atoms with Gasteiger partial charge < -0.3 is 19.5 Å². The van der Waals surface area contributed by atoms with E-state index in [2.05, 4.69) is 20.3 Å². The number of nitrogens with one attached hydrogen (secondary N) is 1. The lowest BCUT2D eigenvalue weighted by Gasteiger charge is -2.14. The zero-order chi connectivity index (χ0) is 12.7. The molecule has 0 fully saturated rings. The van der Waals surface area contributed by atoms with Crippen molar-refractivity contribution in [2.45, 2.75) is 12.5 Å². The Bertz CT molecular complexity index is 326. The van der Waals surface area contributed by atoms with Gasteiger partial charge in [0.05, 0.1) is 20.8 Å². The molecule has 17 heavy (non-hydrogen) atoms. The van der Waals surface area contributed by atoms with Gasteiger partial charge in [0.2, 0.25) is 0 Å². The van der Waals surface area contributed by atoms with E-state index in [1.807, 2.05) is 7.05 Å². The second-order valence-electron chi connectivity index (χ2n) is 3.37. The van der Waals surface area contributed by atoms with E-state index in [0.717, 1.165) is 0 Å². The van der Waals surface area contributed by atoms with Crippen LogP contribution in [0.5, 0.6) is 12.0 Å². The molecule has 1 atom stereocenters. The van der Waals surface area contributed by atoms with Crippen LogP contribution in [0.4, 0.5) is 0 Å². The number of likely N-dealkylation sites (N-methyl/N-ethyl adjacent to an activating group) is 1. The van der Waals surface area contributed by atoms with Gasteiger partial charge in [-0.1, -0.05) is 0 Å². The molecule has 7 nitrogen and oxygen atoms in total. The average molecular weight is 242 g/mol. The lowest BCUT2D eigenvalue weighted by Crippen LogP contribution is -2.32. The first-order valence-electron chi connectivity index (χ1n) is 5.22. The summed E-state index contributed by atoms with van der Waals surface area (Å²) < 4.78 is 15.0. The van der Waals surface area contributed by atoms with Crippen LogP contribution < -0.4 is 14.8 Å². The number of hydrogen-bond acceptors (Lipinski definition) is 7. The summed E-state index contributed by atoms with van der Waals surface area (Å²) >= 11 is 0. The van der Waals surface area contributed by atoms with Crippen molar-refractivity contribution in [2.75, 3.05) is 35.0 Å². The van der Waals surface area contributed by atoms with E-state index in [1.165, 1.54) is 14.2 Å². The largest absolute Gasteiger partial charge is 0.467 e. The van der Waals surface area contributed by atoms with Crippen molar-refractivity contribution < 1.29 is 14.2 Å². The van der Waals surface area contributed by atoms with Gasteiger partial charge in [0.25, 0.3) is 0 Å². The molecule has 7 heteroatoms. The van der Waals surface area contributed by atoms with Crippen molar-refractivity contribution >= 4 is 0 Å². The van der Waals surface area contributed by atoms with E-state index < -0.39 is 0 Å². The molecule has 0 saturated heterocycles. The van der Waals surface area contributed by atoms with Gasteiger partial charge in [-0.25, -0.2) is 0 Å². The Hall–Kier alpha value is -1.47. The molecule has 0 saturated carbocycles. The predicted molar refractivity (Wildman–Crippen MR) is 61.4 cm³/mol. The smallest absolute Gasteiger partial charge is 0.322 e. The number of hydrogen-bond donors (Lipinski definition) is 1. The fourth-order valence-corrected chi connectivity index (χ4v) is 1.32. The SMILES string of the molecule is CNC(COC)Cc1nc(OC)nc(OC)n1. The van der Waals surface area contributed by atoms with Gasteiger partial charge in [-0.2, -0.15) is 9.97 Å². The minimum atomic E-state index is 0.136. The second-order valence-corrected chi connectivity index (χ2v) is 3.37. The molecule has 0 radical (unpaired) electrons. The first kappa shape index (κ1) is 13.6. The maximum atomic E-state index is 5.08. The minimum absolute atomic E-state index is 0.136. The van der Waals surface area contributed by atoms with Crippen LogP contribution in [-0.4, -0.2) is 56.0 Å². The fraction of sp³-hybridized carbons (Fsp3) is 0.700. The molecule has 0 aliphatic heterocycles. The van der Waals surface area contributed by atoms with Crippen LogP contribution >= 0.6 is 0 Å². The summed E-state index contributed by atoms with van der Waals surface area (Å²) in [6, 6.07) is 0.634. The standard InChI is InChI=1S/C10H18N4O3/c1-11-7(6-15-2)5-8-12-9(16-3)14-10(13-8)17-4/h7,11H,5-6H2,1-4H3. The molecule has 0 spiro atoms. The zero-order valence-electron chi connectivity index (χ0n) is 10.6. The summed E-state index contributed by atoms with van der Waals surface area (Å²) in [6.45, 7) is 0.576. The molecular formula is C10H18N4O3.